The summed E-state index contributed by atoms with van der Waals surface area (Å²) in [4.78, 5) is 0. The first-order valence-corrected chi connectivity index (χ1v) is 6.13. The van der Waals surface area contributed by atoms with Gasteiger partial charge in [-0.15, -0.1) is 0 Å². The molecule has 2 rings (SSSR count). The fraction of sp³-hybridized carbons (Fsp3) is 0.308. The number of aryl methyl sites for hydroxylation is 1. The number of ether oxygens (including phenoxy) is 1. The van der Waals surface area contributed by atoms with Gasteiger partial charge in [-0.25, -0.2) is 0 Å². The number of H-pyrrole nitrogens is 1. The molecule has 0 amide bonds. The van der Waals surface area contributed by atoms with E-state index in [0.717, 1.165) is 34.7 Å². The highest BCUT2D eigenvalue weighted by Crippen LogP contribution is 2.35. The first kappa shape index (κ1) is 12.9. The van der Waals surface area contributed by atoms with Crippen molar-refractivity contribution in [2.75, 3.05) is 13.7 Å². The monoisotopic (exact) mass is 265 g/mol. The Hall–Kier alpha value is -1.52. The number of nitrogens with one attached hydrogen (secondary N) is 1. The lowest BCUT2D eigenvalue weighted by molar-refractivity contribution is 0.416. The van der Waals surface area contributed by atoms with E-state index in [4.69, 9.17) is 22.1 Å². The van der Waals surface area contributed by atoms with E-state index in [2.05, 4.69) is 10.2 Å². The van der Waals surface area contributed by atoms with E-state index in [1.165, 1.54) is 0 Å². The quantitative estimate of drug-likeness (QED) is 0.893. The zero-order chi connectivity index (χ0) is 13.1. The number of rotatable bonds is 4. The van der Waals surface area contributed by atoms with Crippen LogP contribution in [0.15, 0.2) is 18.2 Å². The van der Waals surface area contributed by atoms with Crippen molar-refractivity contribution in [1.29, 1.82) is 0 Å². The average Bonchev–Trinajstić information content (AvgIpc) is 2.71. The number of benzene rings is 1. The smallest absolute Gasteiger partial charge is 0.126 e. The number of methoxy groups -OCH3 is 1. The third kappa shape index (κ3) is 2.35. The topological polar surface area (TPSA) is 63.9 Å². The fourth-order valence-corrected chi connectivity index (χ4v) is 2.20. The van der Waals surface area contributed by atoms with Crippen molar-refractivity contribution in [2.45, 2.75) is 13.3 Å². The Morgan fingerprint density at radius 2 is 2.22 bits per heavy atom. The van der Waals surface area contributed by atoms with Crippen molar-refractivity contribution in [2.24, 2.45) is 5.73 Å². The number of nitrogens with two attached hydrogens (primary N) is 1. The van der Waals surface area contributed by atoms with Gasteiger partial charge in [0, 0.05) is 28.3 Å². The Kier molecular flexibility index (Phi) is 3.89. The molecule has 0 aliphatic heterocycles. The van der Waals surface area contributed by atoms with Gasteiger partial charge < -0.3 is 10.5 Å². The molecule has 0 saturated carbocycles. The van der Waals surface area contributed by atoms with Crippen molar-refractivity contribution in [3.63, 3.8) is 0 Å². The lowest BCUT2D eigenvalue weighted by atomic mass is 10.0. The molecule has 3 N–H and O–H groups in total. The minimum absolute atomic E-state index is 0.556. The van der Waals surface area contributed by atoms with Gasteiger partial charge in [0.2, 0.25) is 0 Å². The Labute approximate surface area is 111 Å². The van der Waals surface area contributed by atoms with Gasteiger partial charge in [-0.1, -0.05) is 11.6 Å². The SMILES string of the molecule is COc1ccc(Cl)cc1-c1c(CCN)n[nH]c1C. The maximum absolute atomic E-state index is 6.06. The Morgan fingerprint density at radius 1 is 1.44 bits per heavy atom. The molecule has 18 heavy (non-hydrogen) atoms. The van der Waals surface area contributed by atoms with Crippen LogP contribution in [-0.2, 0) is 6.42 Å². The minimum Gasteiger partial charge on any atom is -0.496 e. The van der Waals surface area contributed by atoms with Crippen LogP contribution in [0.25, 0.3) is 11.1 Å². The molecule has 1 heterocycles. The molecule has 0 saturated heterocycles. The molecule has 0 radical (unpaired) electrons. The molecule has 2 aromatic rings. The van der Waals surface area contributed by atoms with E-state index in [-0.39, 0.29) is 0 Å². The second-order valence-electron chi connectivity index (χ2n) is 4.05. The van der Waals surface area contributed by atoms with E-state index in [1.54, 1.807) is 7.11 Å². The number of halogens is 1. The van der Waals surface area contributed by atoms with Crippen LogP contribution < -0.4 is 10.5 Å². The van der Waals surface area contributed by atoms with Crippen molar-refractivity contribution in [3.8, 4) is 16.9 Å². The van der Waals surface area contributed by atoms with Crippen LogP contribution >= 0.6 is 11.6 Å². The molecule has 0 unspecified atom stereocenters. The van der Waals surface area contributed by atoms with Crippen LogP contribution in [0.1, 0.15) is 11.4 Å². The normalized spacial score (nSPS) is 10.7. The first-order chi connectivity index (χ1) is 8.67. The van der Waals surface area contributed by atoms with Gasteiger partial charge in [0.1, 0.15) is 5.75 Å². The molecule has 0 fully saturated rings. The Morgan fingerprint density at radius 3 is 2.89 bits per heavy atom. The molecule has 0 spiro atoms. The van der Waals surface area contributed by atoms with Gasteiger partial charge in [0.15, 0.2) is 0 Å². The van der Waals surface area contributed by atoms with Crippen LogP contribution in [0.3, 0.4) is 0 Å². The number of hydrogen-bond acceptors (Lipinski definition) is 3. The lowest BCUT2D eigenvalue weighted by Crippen LogP contribution is -2.04. The summed E-state index contributed by atoms with van der Waals surface area (Å²) in [5.74, 6) is 0.780. The van der Waals surface area contributed by atoms with Crippen molar-refractivity contribution in [3.05, 3.63) is 34.6 Å². The van der Waals surface area contributed by atoms with Gasteiger partial charge in [0.25, 0.3) is 0 Å². The predicted molar refractivity (Wildman–Crippen MR) is 73.1 cm³/mol. The molecule has 1 aromatic heterocycles. The van der Waals surface area contributed by atoms with Gasteiger partial charge in [-0.05, 0) is 31.7 Å². The van der Waals surface area contributed by atoms with Gasteiger partial charge in [-0.3, -0.25) is 5.10 Å². The molecular weight excluding hydrogens is 250 g/mol. The highest BCUT2D eigenvalue weighted by Gasteiger charge is 2.16. The first-order valence-electron chi connectivity index (χ1n) is 5.75. The van der Waals surface area contributed by atoms with Crippen LogP contribution in [0.4, 0.5) is 0 Å². The number of aromatic amines is 1. The van der Waals surface area contributed by atoms with E-state index < -0.39 is 0 Å². The van der Waals surface area contributed by atoms with E-state index in [1.807, 2.05) is 25.1 Å². The highest BCUT2D eigenvalue weighted by molar-refractivity contribution is 6.31. The zero-order valence-corrected chi connectivity index (χ0v) is 11.2. The average molecular weight is 266 g/mol. The van der Waals surface area contributed by atoms with Crippen molar-refractivity contribution < 1.29 is 4.74 Å². The van der Waals surface area contributed by atoms with E-state index in [9.17, 15) is 0 Å². The van der Waals surface area contributed by atoms with Gasteiger partial charge in [-0.2, -0.15) is 5.10 Å². The summed E-state index contributed by atoms with van der Waals surface area (Å²) in [6.07, 6.45) is 0.718. The fourth-order valence-electron chi connectivity index (χ4n) is 2.03. The standard InChI is InChI=1S/C13H16ClN3O/c1-8-13(11(5-6-15)17-16-8)10-7-9(14)3-4-12(10)18-2/h3-4,7H,5-6,15H2,1-2H3,(H,16,17). The molecule has 5 heteroatoms. The summed E-state index contributed by atoms with van der Waals surface area (Å²) in [5.41, 5.74) is 9.50. The summed E-state index contributed by atoms with van der Waals surface area (Å²) in [7, 11) is 1.64. The predicted octanol–water partition coefficient (Wildman–Crippen LogP) is 2.55. The summed E-state index contributed by atoms with van der Waals surface area (Å²) < 4.78 is 5.38. The van der Waals surface area contributed by atoms with Crippen LogP contribution in [0, 0.1) is 6.92 Å². The maximum Gasteiger partial charge on any atom is 0.126 e. The van der Waals surface area contributed by atoms with E-state index >= 15 is 0 Å². The minimum atomic E-state index is 0.556. The third-order valence-corrected chi connectivity index (χ3v) is 3.07. The molecule has 96 valence electrons. The molecular formula is C13H16ClN3O. The van der Waals surface area contributed by atoms with Crippen molar-refractivity contribution in [1.82, 2.24) is 10.2 Å². The maximum atomic E-state index is 6.06. The second-order valence-corrected chi connectivity index (χ2v) is 4.49. The number of hydrogen-bond donors (Lipinski definition) is 2. The van der Waals surface area contributed by atoms with Gasteiger partial charge >= 0.3 is 0 Å². The van der Waals surface area contributed by atoms with E-state index in [0.29, 0.717) is 11.6 Å². The molecule has 0 atom stereocenters. The molecule has 4 nitrogen and oxygen atoms in total. The zero-order valence-electron chi connectivity index (χ0n) is 10.5. The number of aromatic nitrogens is 2. The Bertz CT molecular complexity index is 551. The Balaban J connectivity index is 2.60. The van der Waals surface area contributed by atoms with Crippen molar-refractivity contribution >= 4 is 11.6 Å². The highest BCUT2D eigenvalue weighted by atomic mass is 35.5. The van der Waals surface area contributed by atoms with Crippen LogP contribution in [-0.4, -0.2) is 23.9 Å². The second kappa shape index (κ2) is 5.42. The van der Waals surface area contributed by atoms with Crippen LogP contribution in [0.5, 0.6) is 5.75 Å². The molecule has 0 bridgehead atoms. The summed E-state index contributed by atoms with van der Waals surface area (Å²) >= 11 is 6.06. The van der Waals surface area contributed by atoms with Crippen LogP contribution in [0.2, 0.25) is 5.02 Å². The summed E-state index contributed by atoms with van der Waals surface area (Å²) in [6, 6.07) is 5.55. The largest absolute Gasteiger partial charge is 0.496 e. The molecule has 0 aliphatic rings. The number of nitrogens with zero attached hydrogens (tertiary/aromatic N) is 1. The molecule has 1 aromatic carbocycles. The summed E-state index contributed by atoms with van der Waals surface area (Å²) in [5, 5.41) is 7.94. The third-order valence-electron chi connectivity index (χ3n) is 2.83. The summed E-state index contributed by atoms with van der Waals surface area (Å²) in [6.45, 7) is 2.53. The van der Waals surface area contributed by atoms with Gasteiger partial charge in [0.05, 0.1) is 12.8 Å². The lowest BCUT2D eigenvalue weighted by Gasteiger charge is -2.10. The molecule has 0 aliphatic carbocycles.